The Labute approximate surface area is 191 Å². The molecule has 0 radical (unpaired) electrons. The summed E-state index contributed by atoms with van der Waals surface area (Å²) in [6, 6.07) is 16.0. The first kappa shape index (κ1) is 23.2. The van der Waals surface area contributed by atoms with Gasteiger partial charge in [0.1, 0.15) is 23.9 Å². The van der Waals surface area contributed by atoms with Crippen LogP contribution in [0.25, 0.3) is 11.8 Å². The molecule has 0 spiro atoms. The van der Waals surface area contributed by atoms with E-state index in [1.165, 1.54) is 17.9 Å². The topological polar surface area (TPSA) is 98.3 Å². The van der Waals surface area contributed by atoms with Crippen LogP contribution in [0.4, 0.5) is 5.69 Å². The van der Waals surface area contributed by atoms with E-state index in [0.717, 1.165) is 0 Å². The zero-order valence-electron chi connectivity index (χ0n) is 18.7. The van der Waals surface area contributed by atoms with E-state index in [-0.39, 0.29) is 11.3 Å². The van der Waals surface area contributed by atoms with E-state index < -0.39 is 11.5 Å². The van der Waals surface area contributed by atoms with Crippen LogP contribution in [0.3, 0.4) is 0 Å². The van der Waals surface area contributed by atoms with Gasteiger partial charge < -0.3 is 14.8 Å². The van der Waals surface area contributed by atoms with Crippen LogP contribution in [-0.4, -0.2) is 29.0 Å². The van der Waals surface area contributed by atoms with Crippen LogP contribution in [0, 0.1) is 18.3 Å². The van der Waals surface area contributed by atoms with Crippen LogP contribution < -0.4 is 20.3 Å². The van der Waals surface area contributed by atoms with Crippen LogP contribution in [-0.2, 0) is 11.8 Å². The Kier molecular flexibility index (Phi) is 7.16. The fourth-order valence-electron chi connectivity index (χ4n) is 3.25. The predicted molar refractivity (Wildman–Crippen MR) is 127 cm³/mol. The number of amides is 1. The van der Waals surface area contributed by atoms with Gasteiger partial charge in [0.05, 0.1) is 18.5 Å². The average Bonchev–Trinajstić information content (AvgIpc) is 3.04. The summed E-state index contributed by atoms with van der Waals surface area (Å²) < 4.78 is 13.9. The Bertz CT molecular complexity index is 1310. The lowest BCUT2D eigenvalue weighted by Gasteiger charge is -2.10. The van der Waals surface area contributed by atoms with Crippen molar-refractivity contribution < 1.29 is 14.3 Å². The minimum Gasteiger partial charge on any atom is -0.493 e. The third-order valence-electron chi connectivity index (χ3n) is 5.01. The maximum atomic E-state index is 13.0. The van der Waals surface area contributed by atoms with Gasteiger partial charge in [-0.05, 0) is 42.8 Å². The summed E-state index contributed by atoms with van der Waals surface area (Å²) in [5, 5.41) is 12.2. The first-order chi connectivity index (χ1) is 15.9. The molecule has 0 saturated heterocycles. The molecular weight excluding hydrogens is 420 g/mol. The molecule has 1 amide bonds. The molecule has 3 rings (SSSR count). The average molecular weight is 444 g/mol. The van der Waals surface area contributed by atoms with Crippen molar-refractivity contribution >= 4 is 17.7 Å². The highest BCUT2D eigenvalue weighted by atomic mass is 16.5. The number of benzene rings is 2. The molecule has 3 aromatic rings. The SMILES string of the molecule is C=CCOc1ccc(/C=C(\C#N)C(=O)Nc2c(C)n(C)n(-c3ccccc3)c2=O)cc1OC. The molecule has 1 aromatic heterocycles. The quantitative estimate of drug-likeness (QED) is 0.325. The number of carbonyl (C=O) groups is 1. The number of hydrogen-bond acceptors (Lipinski definition) is 5. The number of methoxy groups -OCH3 is 1. The molecule has 0 saturated carbocycles. The summed E-state index contributed by atoms with van der Waals surface area (Å²) >= 11 is 0. The third kappa shape index (κ3) is 4.88. The van der Waals surface area contributed by atoms with E-state index in [0.29, 0.717) is 35.1 Å². The van der Waals surface area contributed by atoms with Gasteiger partial charge in [-0.3, -0.25) is 14.3 Å². The highest BCUT2D eigenvalue weighted by Crippen LogP contribution is 2.29. The molecule has 0 fully saturated rings. The maximum absolute atomic E-state index is 13.0. The van der Waals surface area contributed by atoms with Crippen LogP contribution >= 0.6 is 0 Å². The molecule has 0 aliphatic heterocycles. The van der Waals surface area contributed by atoms with E-state index in [1.54, 1.807) is 55.1 Å². The molecule has 33 heavy (non-hydrogen) atoms. The fraction of sp³-hybridized carbons (Fsp3) is 0.160. The van der Waals surface area contributed by atoms with E-state index >= 15 is 0 Å². The molecule has 2 aromatic carbocycles. The third-order valence-corrected chi connectivity index (χ3v) is 5.01. The van der Waals surface area contributed by atoms with Crippen LogP contribution in [0.1, 0.15) is 11.3 Å². The highest BCUT2D eigenvalue weighted by Gasteiger charge is 2.20. The normalized spacial score (nSPS) is 10.9. The smallest absolute Gasteiger partial charge is 0.295 e. The van der Waals surface area contributed by atoms with Gasteiger partial charge in [0, 0.05) is 7.05 Å². The van der Waals surface area contributed by atoms with E-state index in [4.69, 9.17) is 9.47 Å². The number of rotatable bonds is 8. The second-order valence-corrected chi connectivity index (χ2v) is 7.07. The molecule has 168 valence electrons. The van der Waals surface area contributed by atoms with Crippen molar-refractivity contribution in [2.75, 3.05) is 19.0 Å². The van der Waals surface area contributed by atoms with Crippen molar-refractivity contribution in [3.63, 3.8) is 0 Å². The first-order valence-corrected chi connectivity index (χ1v) is 10.1. The number of carbonyl (C=O) groups excluding carboxylic acids is 1. The second-order valence-electron chi connectivity index (χ2n) is 7.07. The number of nitriles is 1. The zero-order valence-corrected chi connectivity index (χ0v) is 18.7. The van der Waals surface area contributed by atoms with Crippen LogP contribution in [0.15, 0.2) is 71.6 Å². The van der Waals surface area contributed by atoms with Gasteiger partial charge >= 0.3 is 0 Å². The van der Waals surface area contributed by atoms with Gasteiger partial charge in [0.2, 0.25) is 0 Å². The van der Waals surface area contributed by atoms with Crippen molar-refractivity contribution in [3.8, 4) is 23.3 Å². The van der Waals surface area contributed by atoms with E-state index in [1.807, 2.05) is 24.3 Å². The molecule has 1 heterocycles. The lowest BCUT2D eigenvalue weighted by molar-refractivity contribution is -0.112. The fourth-order valence-corrected chi connectivity index (χ4v) is 3.25. The lowest BCUT2D eigenvalue weighted by Crippen LogP contribution is -2.23. The van der Waals surface area contributed by atoms with Crippen molar-refractivity contribution in [2.45, 2.75) is 6.92 Å². The predicted octanol–water partition coefficient (Wildman–Crippen LogP) is 3.60. The summed E-state index contributed by atoms with van der Waals surface area (Å²) in [6.07, 6.45) is 3.03. The van der Waals surface area contributed by atoms with Crippen LogP contribution in [0.2, 0.25) is 0 Å². The number of para-hydroxylation sites is 1. The Hall–Kier alpha value is -4.51. The first-order valence-electron chi connectivity index (χ1n) is 10.1. The highest BCUT2D eigenvalue weighted by molar-refractivity contribution is 6.09. The van der Waals surface area contributed by atoms with Gasteiger partial charge in [-0.25, -0.2) is 4.68 Å². The summed E-state index contributed by atoms with van der Waals surface area (Å²) in [7, 11) is 3.22. The number of nitrogens with one attached hydrogen (secondary N) is 1. The number of aromatic nitrogens is 2. The molecule has 0 aliphatic rings. The Morgan fingerprint density at radius 3 is 2.58 bits per heavy atom. The van der Waals surface area contributed by atoms with Crippen LogP contribution in [0.5, 0.6) is 11.5 Å². The van der Waals surface area contributed by atoms with Gasteiger partial charge in [0.15, 0.2) is 11.5 Å². The van der Waals surface area contributed by atoms with Gasteiger partial charge in [-0.2, -0.15) is 5.26 Å². The number of ether oxygens (including phenoxy) is 2. The number of hydrogen-bond donors (Lipinski definition) is 1. The number of anilines is 1. The minimum absolute atomic E-state index is 0.109. The molecule has 1 N–H and O–H groups in total. The van der Waals surface area contributed by atoms with Gasteiger partial charge in [-0.1, -0.05) is 36.9 Å². The molecular formula is C25H24N4O4. The Morgan fingerprint density at radius 2 is 1.94 bits per heavy atom. The summed E-state index contributed by atoms with van der Waals surface area (Å²) in [5.74, 6) is 0.279. The second kappa shape index (κ2) is 10.2. The molecule has 0 aliphatic carbocycles. The van der Waals surface area contributed by atoms with E-state index in [2.05, 4.69) is 11.9 Å². The molecule has 8 nitrogen and oxygen atoms in total. The molecule has 0 atom stereocenters. The van der Waals surface area contributed by atoms with Crippen molar-refractivity contribution in [1.82, 2.24) is 9.36 Å². The van der Waals surface area contributed by atoms with Gasteiger partial charge in [0.25, 0.3) is 11.5 Å². The summed E-state index contributed by atoms with van der Waals surface area (Å²) in [6.45, 7) is 5.64. The minimum atomic E-state index is -0.686. The van der Waals surface area contributed by atoms with Gasteiger partial charge in [-0.15, -0.1) is 0 Å². The Morgan fingerprint density at radius 1 is 1.21 bits per heavy atom. The summed E-state index contributed by atoms with van der Waals surface area (Å²) in [4.78, 5) is 25.9. The molecule has 0 unspecified atom stereocenters. The van der Waals surface area contributed by atoms with Crippen molar-refractivity contribution in [1.29, 1.82) is 5.26 Å². The summed E-state index contributed by atoms with van der Waals surface area (Å²) in [5.41, 5.74) is 1.34. The van der Waals surface area contributed by atoms with Crippen molar-refractivity contribution in [3.05, 3.63) is 88.4 Å². The maximum Gasteiger partial charge on any atom is 0.295 e. The number of nitrogens with zero attached hydrogens (tertiary/aromatic N) is 3. The molecule has 8 heteroatoms. The monoisotopic (exact) mass is 444 g/mol. The van der Waals surface area contributed by atoms with E-state index in [9.17, 15) is 14.9 Å². The standard InChI is InChI=1S/C25H24N4O4/c1-5-13-33-21-12-11-18(15-22(21)32-4)14-19(16-26)24(30)27-23-17(2)28(3)29(25(23)31)20-9-7-6-8-10-20/h5-12,14-15H,1,13H2,2-4H3,(H,27,30)/b19-14+. The zero-order chi connectivity index (χ0) is 24.0. The van der Waals surface area contributed by atoms with Crippen molar-refractivity contribution in [2.24, 2.45) is 7.05 Å². The largest absolute Gasteiger partial charge is 0.493 e. The molecule has 0 bridgehead atoms. The lowest BCUT2D eigenvalue weighted by atomic mass is 10.1. The Balaban J connectivity index is 1.91.